The Labute approximate surface area is 110 Å². The molecule has 5 nitrogen and oxygen atoms in total. The second kappa shape index (κ2) is 5.95. The molecule has 0 unspecified atom stereocenters. The molecule has 100 valence electrons. The minimum Gasteiger partial charge on any atom is -0.481 e. The first-order chi connectivity index (χ1) is 8.34. The molecule has 0 bridgehead atoms. The molecular weight excluding hydrogens is 254 g/mol. The van der Waals surface area contributed by atoms with Gasteiger partial charge in [0.15, 0.2) is 5.76 Å². The van der Waals surface area contributed by atoms with Crippen LogP contribution in [0.25, 0.3) is 0 Å². The maximum Gasteiger partial charge on any atom is 0.305 e. The Morgan fingerprint density at radius 1 is 1.44 bits per heavy atom. The van der Waals surface area contributed by atoms with Crippen LogP contribution in [-0.2, 0) is 10.5 Å². The molecule has 0 radical (unpaired) electrons. The monoisotopic (exact) mass is 271 g/mol. The summed E-state index contributed by atoms with van der Waals surface area (Å²) in [6.07, 6.45) is 1.80. The lowest BCUT2D eigenvalue weighted by atomic mass is 10.0. The summed E-state index contributed by atoms with van der Waals surface area (Å²) in [6, 6.07) is 3.34. The van der Waals surface area contributed by atoms with Crippen LogP contribution in [0, 0.1) is 0 Å². The molecule has 0 atom stereocenters. The number of aliphatic carboxylic acids is 1. The fourth-order valence-electron chi connectivity index (χ4n) is 1.51. The Morgan fingerprint density at radius 3 is 2.67 bits per heavy atom. The van der Waals surface area contributed by atoms with Crippen molar-refractivity contribution in [3.05, 3.63) is 23.7 Å². The number of carboxylic acids is 1. The van der Waals surface area contributed by atoms with Crippen LogP contribution in [0.1, 0.15) is 36.6 Å². The minimum absolute atomic E-state index is 0.142. The molecule has 0 aromatic carbocycles. The molecule has 1 aromatic heterocycles. The van der Waals surface area contributed by atoms with E-state index < -0.39 is 17.4 Å². The smallest absolute Gasteiger partial charge is 0.305 e. The highest BCUT2D eigenvalue weighted by atomic mass is 32.2. The number of carboxylic acid groups (broad SMARTS) is 1. The Morgan fingerprint density at radius 2 is 2.11 bits per heavy atom. The van der Waals surface area contributed by atoms with Gasteiger partial charge in [-0.05, 0) is 32.2 Å². The molecule has 0 aliphatic rings. The molecule has 1 aromatic rings. The van der Waals surface area contributed by atoms with Crippen molar-refractivity contribution in [2.45, 2.75) is 31.6 Å². The summed E-state index contributed by atoms with van der Waals surface area (Å²) in [7, 11) is 0. The number of nitrogens with one attached hydrogen (secondary N) is 1. The van der Waals surface area contributed by atoms with Gasteiger partial charge in [0.1, 0.15) is 5.76 Å². The summed E-state index contributed by atoms with van der Waals surface area (Å²) in [6.45, 7) is 3.32. The number of amides is 1. The van der Waals surface area contributed by atoms with E-state index >= 15 is 0 Å². The second-order valence-electron chi connectivity index (χ2n) is 4.61. The van der Waals surface area contributed by atoms with Crippen LogP contribution in [0.2, 0.25) is 0 Å². The van der Waals surface area contributed by atoms with Crippen molar-refractivity contribution in [3.8, 4) is 0 Å². The van der Waals surface area contributed by atoms with Crippen molar-refractivity contribution in [1.29, 1.82) is 0 Å². The SMILES string of the molecule is CSCc1ccc(C(=O)NC(C)(C)CC(=O)O)o1. The molecule has 0 saturated heterocycles. The van der Waals surface area contributed by atoms with Crippen molar-refractivity contribution in [2.24, 2.45) is 0 Å². The molecular formula is C12H17NO4S. The zero-order valence-electron chi connectivity index (χ0n) is 10.6. The van der Waals surface area contributed by atoms with Gasteiger partial charge in [0, 0.05) is 5.54 Å². The normalized spacial score (nSPS) is 11.3. The third-order valence-corrected chi connectivity index (χ3v) is 2.79. The van der Waals surface area contributed by atoms with E-state index in [-0.39, 0.29) is 12.2 Å². The van der Waals surface area contributed by atoms with E-state index in [4.69, 9.17) is 9.52 Å². The van der Waals surface area contributed by atoms with Gasteiger partial charge in [-0.3, -0.25) is 9.59 Å². The minimum atomic E-state index is -0.956. The van der Waals surface area contributed by atoms with Gasteiger partial charge in [0.05, 0.1) is 12.2 Å². The molecule has 1 rings (SSSR count). The van der Waals surface area contributed by atoms with Crippen LogP contribution in [0.15, 0.2) is 16.5 Å². The fraction of sp³-hybridized carbons (Fsp3) is 0.500. The van der Waals surface area contributed by atoms with E-state index in [1.165, 1.54) is 0 Å². The van der Waals surface area contributed by atoms with Gasteiger partial charge in [-0.1, -0.05) is 0 Å². The fourth-order valence-corrected chi connectivity index (χ4v) is 1.95. The van der Waals surface area contributed by atoms with Crippen molar-refractivity contribution < 1.29 is 19.1 Å². The lowest BCUT2D eigenvalue weighted by Crippen LogP contribution is -2.44. The van der Waals surface area contributed by atoms with Crippen LogP contribution in [-0.4, -0.2) is 28.8 Å². The third kappa shape index (κ3) is 4.44. The summed E-state index contributed by atoms with van der Waals surface area (Å²) in [4.78, 5) is 22.5. The standard InChI is InChI=1S/C12H17NO4S/c1-12(2,6-10(14)15)13-11(16)9-5-4-8(17-9)7-18-3/h4-5H,6-7H2,1-3H3,(H,13,16)(H,14,15). The Balaban J connectivity index is 2.66. The molecule has 1 heterocycles. The average Bonchev–Trinajstić information content (AvgIpc) is 2.63. The second-order valence-corrected chi connectivity index (χ2v) is 5.47. The summed E-state index contributed by atoms with van der Waals surface area (Å²) in [5, 5.41) is 11.4. The van der Waals surface area contributed by atoms with E-state index in [1.807, 2.05) is 6.26 Å². The maximum atomic E-state index is 11.9. The lowest BCUT2D eigenvalue weighted by Gasteiger charge is -2.23. The number of carbonyl (C=O) groups is 2. The van der Waals surface area contributed by atoms with Crippen molar-refractivity contribution in [2.75, 3.05) is 6.26 Å². The number of carbonyl (C=O) groups excluding carboxylic acids is 1. The Kier molecular flexibility index (Phi) is 4.84. The topological polar surface area (TPSA) is 79.5 Å². The van der Waals surface area contributed by atoms with Crippen molar-refractivity contribution >= 4 is 23.6 Å². The van der Waals surface area contributed by atoms with Crippen molar-refractivity contribution in [3.63, 3.8) is 0 Å². The van der Waals surface area contributed by atoms with Gasteiger partial charge in [0.25, 0.3) is 5.91 Å². The molecule has 18 heavy (non-hydrogen) atoms. The molecule has 1 amide bonds. The third-order valence-electron chi connectivity index (χ3n) is 2.22. The maximum absolute atomic E-state index is 11.9. The number of hydrogen-bond acceptors (Lipinski definition) is 4. The number of thioether (sulfide) groups is 1. The largest absolute Gasteiger partial charge is 0.481 e. The lowest BCUT2D eigenvalue weighted by molar-refractivity contribution is -0.138. The molecule has 2 N–H and O–H groups in total. The van der Waals surface area contributed by atoms with Crippen LogP contribution in [0.4, 0.5) is 0 Å². The van der Waals surface area contributed by atoms with Gasteiger partial charge in [-0.2, -0.15) is 11.8 Å². The van der Waals surface area contributed by atoms with Gasteiger partial charge >= 0.3 is 5.97 Å². The van der Waals surface area contributed by atoms with Crippen LogP contribution in [0.5, 0.6) is 0 Å². The first-order valence-corrected chi connectivity index (χ1v) is 6.85. The van der Waals surface area contributed by atoms with Gasteiger partial charge < -0.3 is 14.8 Å². The zero-order chi connectivity index (χ0) is 13.8. The summed E-state index contributed by atoms with van der Waals surface area (Å²) < 4.78 is 5.36. The van der Waals surface area contributed by atoms with E-state index in [2.05, 4.69) is 5.32 Å². The number of hydrogen-bond donors (Lipinski definition) is 2. The molecule has 6 heteroatoms. The summed E-state index contributed by atoms with van der Waals surface area (Å²) >= 11 is 1.60. The zero-order valence-corrected chi connectivity index (χ0v) is 11.5. The average molecular weight is 271 g/mol. The predicted molar refractivity (Wildman–Crippen MR) is 69.7 cm³/mol. The van der Waals surface area contributed by atoms with E-state index in [1.54, 1.807) is 37.7 Å². The summed E-state index contributed by atoms with van der Waals surface area (Å²) in [5.41, 5.74) is -0.810. The molecule has 0 saturated carbocycles. The van der Waals surface area contributed by atoms with Crippen LogP contribution < -0.4 is 5.32 Å². The van der Waals surface area contributed by atoms with E-state index in [9.17, 15) is 9.59 Å². The highest BCUT2D eigenvalue weighted by Gasteiger charge is 2.25. The first-order valence-electron chi connectivity index (χ1n) is 5.46. The van der Waals surface area contributed by atoms with Gasteiger partial charge in [-0.15, -0.1) is 0 Å². The van der Waals surface area contributed by atoms with Crippen LogP contribution >= 0.6 is 11.8 Å². The van der Waals surface area contributed by atoms with Crippen LogP contribution in [0.3, 0.4) is 0 Å². The van der Waals surface area contributed by atoms with E-state index in [0.29, 0.717) is 5.75 Å². The highest BCUT2D eigenvalue weighted by Crippen LogP contribution is 2.15. The number of furan rings is 1. The molecule has 0 fully saturated rings. The van der Waals surface area contributed by atoms with Gasteiger partial charge in [-0.25, -0.2) is 0 Å². The number of rotatable bonds is 6. The van der Waals surface area contributed by atoms with Gasteiger partial charge in [0.2, 0.25) is 0 Å². The quantitative estimate of drug-likeness (QED) is 0.828. The first kappa shape index (κ1) is 14.6. The van der Waals surface area contributed by atoms with Crippen molar-refractivity contribution in [1.82, 2.24) is 5.32 Å². The Hall–Kier alpha value is -1.43. The molecule has 0 spiro atoms. The van der Waals surface area contributed by atoms with E-state index in [0.717, 1.165) is 5.76 Å². The Bertz CT molecular complexity index is 439. The highest BCUT2D eigenvalue weighted by molar-refractivity contribution is 7.97. The molecule has 0 aliphatic carbocycles. The molecule has 0 aliphatic heterocycles. The predicted octanol–water partition coefficient (Wildman–Crippen LogP) is 2.13. The summed E-state index contributed by atoms with van der Waals surface area (Å²) in [5.74, 6) is 0.281.